The molecule has 1 nitrogen and oxygen atoms in total. The Labute approximate surface area is 107 Å². The average Bonchev–Trinajstić information content (AvgIpc) is 2.89. The highest BCUT2D eigenvalue weighted by atomic mass is 16.3. The fourth-order valence-corrected chi connectivity index (χ4v) is 2.43. The van der Waals surface area contributed by atoms with Crippen LogP contribution in [0.5, 0.6) is 0 Å². The molecule has 0 aliphatic heterocycles. The smallest absolute Gasteiger partial charge is 0.0464 e. The molecule has 0 aromatic heterocycles. The summed E-state index contributed by atoms with van der Waals surface area (Å²) in [7, 11) is 0. The Hall–Kier alpha value is -0.560. The summed E-state index contributed by atoms with van der Waals surface area (Å²) in [4.78, 5) is 0. The van der Waals surface area contributed by atoms with Crippen LogP contribution in [0, 0.1) is 11.3 Å². The van der Waals surface area contributed by atoms with E-state index in [0.29, 0.717) is 17.9 Å². The van der Waals surface area contributed by atoms with Crippen LogP contribution < -0.4 is 0 Å². The van der Waals surface area contributed by atoms with Crippen molar-refractivity contribution in [1.82, 2.24) is 0 Å². The van der Waals surface area contributed by atoms with Crippen LogP contribution in [0.4, 0.5) is 0 Å². The van der Waals surface area contributed by atoms with Crippen molar-refractivity contribution in [2.24, 2.45) is 11.3 Å². The van der Waals surface area contributed by atoms with Gasteiger partial charge in [0.25, 0.3) is 0 Å². The molecule has 0 saturated heterocycles. The first-order chi connectivity index (χ1) is 7.98. The molecule has 1 N–H and O–H groups in total. The zero-order chi connectivity index (χ0) is 12.9. The number of rotatable bonds is 7. The number of hydrogen-bond acceptors (Lipinski definition) is 1. The quantitative estimate of drug-likeness (QED) is 0.646. The average molecular weight is 236 g/mol. The van der Waals surface area contributed by atoms with Crippen molar-refractivity contribution in [3.8, 4) is 0 Å². The van der Waals surface area contributed by atoms with Crippen LogP contribution in [0.25, 0.3) is 0 Å². The van der Waals surface area contributed by atoms with Crippen LogP contribution in [0.15, 0.2) is 23.3 Å². The summed E-state index contributed by atoms with van der Waals surface area (Å²) in [6.07, 6.45) is 10.7. The van der Waals surface area contributed by atoms with Gasteiger partial charge in [0, 0.05) is 6.61 Å². The van der Waals surface area contributed by atoms with E-state index in [2.05, 4.69) is 39.8 Å². The van der Waals surface area contributed by atoms with E-state index in [0.717, 1.165) is 0 Å². The van der Waals surface area contributed by atoms with Gasteiger partial charge >= 0.3 is 0 Å². The first-order valence-electron chi connectivity index (χ1n) is 6.88. The lowest BCUT2D eigenvalue weighted by molar-refractivity contribution is 0.250. The molecular weight excluding hydrogens is 208 g/mol. The molecule has 1 rings (SSSR count). The van der Waals surface area contributed by atoms with E-state index >= 15 is 0 Å². The van der Waals surface area contributed by atoms with Gasteiger partial charge in [-0.1, -0.05) is 30.2 Å². The van der Waals surface area contributed by atoms with Crippen LogP contribution in [0.2, 0.25) is 0 Å². The van der Waals surface area contributed by atoms with Crippen molar-refractivity contribution in [2.45, 2.75) is 59.8 Å². The van der Waals surface area contributed by atoms with Gasteiger partial charge in [-0.3, -0.25) is 0 Å². The summed E-state index contributed by atoms with van der Waals surface area (Å²) in [6, 6.07) is 0. The van der Waals surface area contributed by atoms with Gasteiger partial charge < -0.3 is 5.11 Å². The topological polar surface area (TPSA) is 20.2 Å². The maximum Gasteiger partial charge on any atom is 0.0464 e. The fraction of sp³-hybridized carbons (Fsp3) is 0.750. The van der Waals surface area contributed by atoms with Crippen molar-refractivity contribution in [1.29, 1.82) is 0 Å². The number of aliphatic hydroxyl groups is 1. The largest absolute Gasteiger partial charge is 0.396 e. The number of aliphatic hydroxyl groups excluding tert-OH is 1. The van der Waals surface area contributed by atoms with Crippen molar-refractivity contribution >= 4 is 0 Å². The van der Waals surface area contributed by atoms with E-state index in [1.54, 1.807) is 0 Å². The van der Waals surface area contributed by atoms with Gasteiger partial charge in [0.15, 0.2) is 0 Å². The predicted molar refractivity (Wildman–Crippen MR) is 75.0 cm³/mol. The summed E-state index contributed by atoms with van der Waals surface area (Å²) in [5.74, 6) is 0.571. The lowest BCUT2D eigenvalue weighted by Crippen LogP contribution is -2.00. The third-order valence-electron chi connectivity index (χ3n) is 4.06. The molecule has 0 aromatic rings. The van der Waals surface area contributed by atoms with Crippen LogP contribution in [0.3, 0.4) is 0 Å². The van der Waals surface area contributed by atoms with E-state index in [1.807, 2.05) is 0 Å². The van der Waals surface area contributed by atoms with Gasteiger partial charge in [0.2, 0.25) is 0 Å². The standard InChI is InChI=1S/C16H28O/c1-13(2)7-5-8-14(3)9-6-10-16(4)11-15(16)12-17/h7,9,15,17H,5-6,8,10-12H2,1-4H3/b14-9+/t15-,16+/m1/s1. The first kappa shape index (κ1) is 14.5. The summed E-state index contributed by atoms with van der Waals surface area (Å²) >= 11 is 0. The van der Waals surface area contributed by atoms with Gasteiger partial charge in [-0.15, -0.1) is 0 Å². The molecule has 0 aromatic carbocycles. The van der Waals surface area contributed by atoms with Crippen LogP contribution in [-0.2, 0) is 0 Å². The molecule has 1 fully saturated rings. The number of allylic oxidation sites excluding steroid dienone is 4. The Balaban J connectivity index is 2.18. The van der Waals surface area contributed by atoms with Crippen molar-refractivity contribution in [3.05, 3.63) is 23.3 Å². The molecule has 0 heterocycles. The van der Waals surface area contributed by atoms with Gasteiger partial charge in [-0.25, -0.2) is 0 Å². The van der Waals surface area contributed by atoms with Crippen molar-refractivity contribution < 1.29 is 5.11 Å². The third kappa shape index (κ3) is 5.08. The second kappa shape index (κ2) is 6.39. The van der Waals surface area contributed by atoms with Crippen LogP contribution in [0.1, 0.15) is 59.8 Å². The minimum atomic E-state index is 0.375. The Morgan fingerprint density at radius 2 is 1.94 bits per heavy atom. The van der Waals surface area contributed by atoms with E-state index in [-0.39, 0.29) is 0 Å². The maximum absolute atomic E-state index is 9.10. The summed E-state index contributed by atoms with van der Waals surface area (Å²) in [5, 5.41) is 9.10. The van der Waals surface area contributed by atoms with Gasteiger partial charge in [-0.05, 0) is 64.2 Å². The minimum Gasteiger partial charge on any atom is -0.396 e. The molecule has 1 saturated carbocycles. The third-order valence-corrected chi connectivity index (χ3v) is 4.06. The Morgan fingerprint density at radius 3 is 2.47 bits per heavy atom. The maximum atomic E-state index is 9.10. The van der Waals surface area contributed by atoms with E-state index in [4.69, 9.17) is 5.11 Å². The summed E-state index contributed by atoms with van der Waals surface area (Å²) < 4.78 is 0. The van der Waals surface area contributed by atoms with E-state index in [1.165, 1.54) is 43.3 Å². The Morgan fingerprint density at radius 1 is 1.24 bits per heavy atom. The second-order valence-electron chi connectivity index (χ2n) is 6.15. The molecule has 0 amide bonds. The normalized spacial score (nSPS) is 28.1. The molecular formula is C16H28O. The zero-order valence-electron chi connectivity index (χ0n) is 11.9. The molecule has 1 aliphatic carbocycles. The van der Waals surface area contributed by atoms with Crippen LogP contribution in [-0.4, -0.2) is 11.7 Å². The monoisotopic (exact) mass is 236 g/mol. The molecule has 0 spiro atoms. The highest BCUT2D eigenvalue weighted by molar-refractivity contribution is 5.04. The molecule has 0 bridgehead atoms. The van der Waals surface area contributed by atoms with E-state index in [9.17, 15) is 0 Å². The van der Waals surface area contributed by atoms with Crippen LogP contribution >= 0.6 is 0 Å². The molecule has 1 aliphatic rings. The predicted octanol–water partition coefficient (Wildman–Crippen LogP) is 4.48. The summed E-state index contributed by atoms with van der Waals surface area (Å²) in [6.45, 7) is 9.22. The molecule has 0 unspecified atom stereocenters. The molecule has 0 radical (unpaired) electrons. The Bertz CT molecular complexity index is 297. The van der Waals surface area contributed by atoms with Gasteiger partial charge in [0.05, 0.1) is 0 Å². The first-order valence-corrected chi connectivity index (χ1v) is 6.88. The lowest BCUT2D eigenvalue weighted by atomic mass is 9.98. The highest BCUT2D eigenvalue weighted by Gasteiger charge is 2.48. The van der Waals surface area contributed by atoms with Crippen molar-refractivity contribution in [3.63, 3.8) is 0 Å². The number of hydrogen-bond donors (Lipinski definition) is 1. The highest BCUT2D eigenvalue weighted by Crippen LogP contribution is 2.55. The SMILES string of the molecule is CC(C)=CCC/C(C)=C/CC[C@@]1(C)C[C@@H]1CO. The van der Waals surface area contributed by atoms with Gasteiger partial charge in [0.1, 0.15) is 0 Å². The molecule has 17 heavy (non-hydrogen) atoms. The summed E-state index contributed by atoms with van der Waals surface area (Å²) in [5.41, 5.74) is 3.35. The fourth-order valence-electron chi connectivity index (χ4n) is 2.43. The molecule has 1 heteroatoms. The molecule has 2 atom stereocenters. The minimum absolute atomic E-state index is 0.375. The van der Waals surface area contributed by atoms with Gasteiger partial charge in [-0.2, -0.15) is 0 Å². The van der Waals surface area contributed by atoms with Crippen molar-refractivity contribution in [2.75, 3.05) is 6.61 Å². The Kier molecular flexibility index (Phi) is 5.45. The molecule has 98 valence electrons. The zero-order valence-corrected chi connectivity index (χ0v) is 11.9. The lowest BCUT2D eigenvalue weighted by Gasteiger charge is -2.08. The second-order valence-corrected chi connectivity index (χ2v) is 6.15. The van der Waals surface area contributed by atoms with E-state index < -0.39 is 0 Å².